The molecule has 1 aromatic heterocycles. The van der Waals surface area contributed by atoms with Crippen LogP contribution in [0.4, 0.5) is 5.82 Å². The molecule has 82 valence electrons. The maximum absolute atomic E-state index is 5.80. The molecule has 5 heteroatoms. The van der Waals surface area contributed by atoms with E-state index in [9.17, 15) is 0 Å². The Bertz CT molecular complexity index is 473. The van der Waals surface area contributed by atoms with Crippen molar-refractivity contribution in [2.24, 2.45) is 0 Å². The fourth-order valence-corrected chi connectivity index (χ4v) is 2.07. The lowest BCUT2D eigenvalue weighted by atomic mass is 10.2. The molecule has 1 heterocycles. The van der Waals surface area contributed by atoms with Gasteiger partial charge < -0.3 is 5.73 Å². The minimum atomic E-state index is 0.494. The van der Waals surface area contributed by atoms with E-state index in [-0.39, 0.29) is 0 Å². The van der Waals surface area contributed by atoms with Gasteiger partial charge in [0.1, 0.15) is 5.82 Å². The third-order valence-corrected chi connectivity index (χ3v) is 3.12. The summed E-state index contributed by atoms with van der Waals surface area (Å²) in [6.07, 6.45) is 1.66. The van der Waals surface area contributed by atoms with Crippen LogP contribution in [0.2, 0.25) is 5.02 Å². The Balaban J connectivity index is 1.99. The number of halogens is 1. The highest BCUT2D eigenvalue weighted by molar-refractivity contribution is 7.98. The molecule has 3 nitrogen and oxygen atoms in total. The first-order valence-corrected chi connectivity index (χ1v) is 6.06. The van der Waals surface area contributed by atoms with Crippen LogP contribution in [0.3, 0.4) is 0 Å². The monoisotopic (exact) mass is 251 g/mol. The Morgan fingerprint density at radius 3 is 2.62 bits per heavy atom. The lowest BCUT2D eigenvalue weighted by Crippen LogP contribution is -1.93. The summed E-state index contributed by atoms with van der Waals surface area (Å²) in [5, 5.41) is 1.43. The van der Waals surface area contributed by atoms with Crippen LogP contribution < -0.4 is 5.73 Å². The Labute approximate surface area is 103 Å². The number of aromatic nitrogens is 2. The van der Waals surface area contributed by atoms with Crippen molar-refractivity contribution in [2.45, 2.75) is 10.9 Å². The summed E-state index contributed by atoms with van der Waals surface area (Å²) in [5.74, 6) is 1.30. The van der Waals surface area contributed by atoms with Gasteiger partial charge >= 0.3 is 0 Å². The Morgan fingerprint density at radius 2 is 1.94 bits per heavy atom. The number of anilines is 1. The predicted molar refractivity (Wildman–Crippen MR) is 67.5 cm³/mol. The minimum absolute atomic E-state index is 0.494. The summed E-state index contributed by atoms with van der Waals surface area (Å²) >= 11 is 7.35. The van der Waals surface area contributed by atoms with E-state index in [1.807, 2.05) is 24.3 Å². The topological polar surface area (TPSA) is 51.8 Å². The molecule has 16 heavy (non-hydrogen) atoms. The molecular weight excluding hydrogens is 242 g/mol. The molecular formula is C11H10ClN3S. The maximum atomic E-state index is 5.80. The van der Waals surface area contributed by atoms with Gasteiger partial charge in [-0.15, -0.1) is 0 Å². The van der Waals surface area contributed by atoms with Crippen LogP contribution >= 0.6 is 23.4 Å². The van der Waals surface area contributed by atoms with Crippen molar-refractivity contribution < 1.29 is 0 Å². The number of nitrogens with zero attached hydrogens (tertiary/aromatic N) is 2. The molecule has 0 radical (unpaired) electrons. The molecule has 0 saturated heterocycles. The SMILES string of the molecule is Nc1ccnc(SCc2ccc(Cl)cc2)n1. The van der Waals surface area contributed by atoms with Crippen LogP contribution in [0.5, 0.6) is 0 Å². The highest BCUT2D eigenvalue weighted by atomic mass is 35.5. The van der Waals surface area contributed by atoms with Crippen LogP contribution in [0.1, 0.15) is 5.56 Å². The number of rotatable bonds is 3. The van der Waals surface area contributed by atoms with Crippen molar-refractivity contribution in [3.8, 4) is 0 Å². The number of thioether (sulfide) groups is 1. The van der Waals surface area contributed by atoms with E-state index < -0.39 is 0 Å². The molecule has 1 aromatic carbocycles. The molecule has 0 saturated carbocycles. The molecule has 0 aliphatic heterocycles. The van der Waals surface area contributed by atoms with Crippen molar-refractivity contribution in [3.63, 3.8) is 0 Å². The van der Waals surface area contributed by atoms with Gasteiger partial charge in [0.2, 0.25) is 0 Å². The minimum Gasteiger partial charge on any atom is -0.384 e. The molecule has 0 spiro atoms. The zero-order valence-corrected chi connectivity index (χ0v) is 10.0. The van der Waals surface area contributed by atoms with E-state index in [1.54, 1.807) is 24.0 Å². The van der Waals surface area contributed by atoms with Gasteiger partial charge in [0.05, 0.1) is 0 Å². The number of hydrogen-bond acceptors (Lipinski definition) is 4. The van der Waals surface area contributed by atoms with Gasteiger partial charge in [-0.25, -0.2) is 9.97 Å². The lowest BCUT2D eigenvalue weighted by molar-refractivity contribution is 0.975. The summed E-state index contributed by atoms with van der Waals surface area (Å²) in [5.41, 5.74) is 6.75. The van der Waals surface area contributed by atoms with E-state index in [0.29, 0.717) is 11.0 Å². The first-order chi connectivity index (χ1) is 7.74. The van der Waals surface area contributed by atoms with Gasteiger partial charge in [0.15, 0.2) is 5.16 Å². The van der Waals surface area contributed by atoms with Crippen molar-refractivity contribution in [3.05, 3.63) is 47.1 Å². The fourth-order valence-electron chi connectivity index (χ4n) is 1.15. The van der Waals surface area contributed by atoms with Crippen LogP contribution in [0, 0.1) is 0 Å². The normalized spacial score (nSPS) is 10.3. The molecule has 0 bridgehead atoms. The smallest absolute Gasteiger partial charge is 0.189 e. The summed E-state index contributed by atoms with van der Waals surface area (Å²) in [6, 6.07) is 9.39. The summed E-state index contributed by atoms with van der Waals surface area (Å²) in [6.45, 7) is 0. The Morgan fingerprint density at radius 1 is 1.19 bits per heavy atom. The van der Waals surface area contributed by atoms with Crippen molar-refractivity contribution in [2.75, 3.05) is 5.73 Å². The van der Waals surface area contributed by atoms with Crippen LogP contribution in [0.25, 0.3) is 0 Å². The summed E-state index contributed by atoms with van der Waals surface area (Å²) < 4.78 is 0. The first kappa shape index (κ1) is 11.2. The van der Waals surface area contributed by atoms with E-state index in [1.165, 1.54) is 5.56 Å². The molecule has 0 aliphatic rings. The van der Waals surface area contributed by atoms with E-state index >= 15 is 0 Å². The van der Waals surface area contributed by atoms with E-state index in [0.717, 1.165) is 10.8 Å². The molecule has 0 fully saturated rings. The Hall–Kier alpha value is -1.26. The average Bonchev–Trinajstić information content (AvgIpc) is 2.28. The molecule has 0 atom stereocenters. The van der Waals surface area contributed by atoms with Gasteiger partial charge in [-0.05, 0) is 23.8 Å². The van der Waals surface area contributed by atoms with Crippen molar-refractivity contribution in [1.29, 1.82) is 0 Å². The predicted octanol–water partition coefficient (Wildman–Crippen LogP) is 3.00. The first-order valence-electron chi connectivity index (χ1n) is 4.70. The second-order valence-electron chi connectivity index (χ2n) is 3.18. The van der Waals surface area contributed by atoms with Crippen LogP contribution in [-0.4, -0.2) is 9.97 Å². The number of nitrogen functional groups attached to an aromatic ring is 1. The Kier molecular flexibility index (Phi) is 3.64. The van der Waals surface area contributed by atoms with Gasteiger partial charge in [0.25, 0.3) is 0 Å². The largest absolute Gasteiger partial charge is 0.384 e. The number of nitrogens with two attached hydrogens (primary N) is 1. The number of hydrogen-bond donors (Lipinski definition) is 1. The zero-order chi connectivity index (χ0) is 11.4. The third-order valence-electron chi connectivity index (χ3n) is 1.94. The lowest BCUT2D eigenvalue weighted by Gasteiger charge is -2.01. The molecule has 2 rings (SSSR count). The molecule has 2 aromatic rings. The quantitative estimate of drug-likeness (QED) is 0.673. The van der Waals surface area contributed by atoms with Gasteiger partial charge in [-0.3, -0.25) is 0 Å². The second-order valence-corrected chi connectivity index (χ2v) is 4.56. The number of benzene rings is 1. The fraction of sp³-hybridized carbons (Fsp3) is 0.0909. The molecule has 0 amide bonds. The summed E-state index contributed by atoms with van der Waals surface area (Å²) in [4.78, 5) is 8.23. The average molecular weight is 252 g/mol. The third kappa shape index (κ3) is 3.12. The van der Waals surface area contributed by atoms with E-state index in [4.69, 9.17) is 17.3 Å². The standard InChI is InChI=1S/C11H10ClN3S/c12-9-3-1-8(2-4-9)7-16-11-14-6-5-10(13)15-11/h1-6H,7H2,(H2,13,14,15). The molecule has 2 N–H and O–H groups in total. The van der Waals surface area contributed by atoms with Gasteiger partial charge in [-0.1, -0.05) is 35.5 Å². The van der Waals surface area contributed by atoms with Gasteiger partial charge in [0, 0.05) is 17.0 Å². The van der Waals surface area contributed by atoms with E-state index in [2.05, 4.69) is 9.97 Å². The second kappa shape index (κ2) is 5.18. The van der Waals surface area contributed by atoms with Crippen LogP contribution in [0.15, 0.2) is 41.7 Å². The molecule has 0 aliphatic carbocycles. The van der Waals surface area contributed by atoms with Crippen molar-refractivity contribution in [1.82, 2.24) is 9.97 Å². The van der Waals surface area contributed by atoms with Crippen LogP contribution in [-0.2, 0) is 5.75 Å². The summed E-state index contributed by atoms with van der Waals surface area (Å²) in [7, 11) is 0. The van der Waals surface area contributed by atoms with Gasteiger partial charge in [-0.2, -0.15) is 0 Å². The molecule has 0 unspecified atom stereocenters. The van der Waals surface area contributed by atoms with Crippen molar-refractivity contribution >= 4 is 29.2 Å². The zero-order valence-electron chi connectivity index (χ0n) is 8.43. The maximum Gasteiger partial charge on any atom is 0.189 e. The highest BCUT2D eigenvalue weighted by Gasteiger charge is 1.99. The highest BCUT2D eigenvalue weighted by Crippen LogP contribution is 2.20.